The summed E-state index contributed by atoms with van der Waals surface area (Å²) in [7, 11) is 0. The molecule has 2 aromatic carbocycles. The van der Waals surface area contributed by atoms with Gasteiger partial charge >= 0.3 is 0 Å². The first-order chi connectivity index (χ1) is 18.8. The minimum Gasteiger partial charge on any atom is -0.507 e. The molecular weight excluding hydrogens is 532 g/mol. The number of phenols is 1. The molecule has 0 unspecified atom stereocenters. The quantitative estimate of drug-likeness (QED) is 0.387. The summed E-state index contributed by atoms with van der Waals surface area (Å²) in [6.45, 7) is 4.23. The lowest BCUT2D eigenvalue weighted by Crippen LogP contribution is -2.57. The second-order valence-electron chi connectivity index (χ2n) is 9.14. The number of nitrogens with zero attached hydrogens (tertiary/aromatic N) is 5. The number of phenolic OH excluding ortho intramolecular Hbond substituents is 1. The molecule has 2 aliphatic rings. The largest absolute Gasteiger partial charge is 0.507 e. The van der Waals surface area contributed by atoms with Gasteiger partial charge in [0.2, 0.25) is 5.91 Å². The molecule has 0 aliphatic carbocycles. The summed E-state index contributed by atoms with van der Waals surface area (Å²) >= 11 is 6.73. The molecule has 1 fully saturated rings. The number of aromatic hydroxyl groups is 1. The molecule has 198 valence electrons. The normalized spacial score (nSPS) is 16.9. The predicted octanol–water partition coefficient (Wildman–Crippen LogP) is 3.96. The number of halogens is 3. The lowest BCUT2D eigenvalue weighted by Gasteiger charge is -2.39. The molecule has 39 heavy (non-hydrogen) atoms. The maximum absolute atomic E-state index is 15.0. The molecule has 0 bridgehead atoms. The average molecular weight is 552 g/mol. The fourth-order valence-corrected chi connectivity index (χ4v) is 5.30. The number of carbonyl (C=O) groups excluding carboxylic acids is 2. The molecule has 4 heterocycles. The monoisotopic (exact) mass is 551 g/mol. The van der Waals surface area contributed by atoms with Crippen LogP contribution in [-0.2, 0) is 4.79 Å². The Labute approximate surface area is 225 Å². The highest BCUT2D eigenvalue weighted by atomic mass is 35.5. The summed E-state index contributed by atoms with van der Waals surface area (Å²) in [6, 6.07) is 7.20. The lowest BCUT2D eigenvalue weighted by atomic mass is 10.1. The molecule has 0 radical (unpaired) electrons. The molecule has 2 amide bonds. The number of fused-ring (bicyclic) bond motifs is 3. The van der Waals surface area contributed by atoms with Crippen LogP contribution in [0.4, 0.5) is 8.78 Å². The van der Waals surface area contributed by atoms with Crippen LogP contribution in [-0.4, -0.2) is 73.5 Å². The van der Waals surface area contributed by atoms with Gasteiger partial charge in [-0.3, -0.25) is 14.2 Å². The maximum Gasteiger partial charge on any atom is 0.261 e. The minimum absolute atomic E-state index is 0.00537. The van der Waals surface area contributed by atoms with Crippen molar-refractivity contribution < 1.29 is 28.2 Å². The zero-order chi connectivity index (χ0) is 27.4. The van der Waals surface area contributed by atoms with E-state index < -0.39 is 29.3 Å². The van der Waals surface area contributed by atoms with Crippen molar-refractivity contribution in [3.63, 3.8) is 0 Å². The van der Waals surface area contributed by atoms with Crippen molar-refractivity contribution in [3.05, 3.63) is 77.6 Å². The SMILES string of the molecule is C=CC(=O)N1CCN2C(=O)c3c(-n4cnc5cc(F)ccc54)nc(-c4c(O)cccc4F)c(Cl)c3OC[C@H]2C1. The van der Waals surface area contributed by atoms with Crippen molar-refractivity contribution in [1.29, 1.82) is 0 Å². The average Bonchev–Trinajstić information content (AvgIpc) is 3.27. The molecular formula is C27H20ClF2N5O4. The first-order valence-corrected chi connectivity index (χ1v) is 12.4. The molecule has 0 spiro atoms. The van der Waals surface area contributed by atoms with Crippen molar-refractivity contribution in [3.8, 4) is 28.6 Å². The van der Waals surface area contributed by atoms with Gasteiger partial charge in [-0.15, -0.1) is 0 Å². The summed E-state index contributed by atoms with van der Waals surface area (Å²) in [5.41, 5.74) is 0.289. The van der Waals surface area contributed by atoms with E-state index in [9.17, 15) is 23.5 Å². The second kappa shape index (κ2) is 9.35. The number of benzene rings is 2. The van der Waals surface area contributed by atoms with E-state index in [2.05, 4.69) is 16.5 Å². The van der Waals surface area contributed by atoms with Crippen LogP contribution in [0.5, 0.6) is 11.5 Å². The van der Waals surface area contributed by atoms with Crippen LogP contribution in [0.2, 0.25) is 5.02 Å². The Bertz CT molecular complexity index is 1670. The van der Waals surface area contributed by atoms with Gasteiger partial charge in [-0.2, -0.15) is 0 Å². The molecule has 9 nitrogen and oxygen atoms in total. The van der Waals surface area contributed by atoms with E-state index in [1.165, 1.54) is 47.3 Å². The van der Waals surface area contributed by atoms with Crippen LogP contribution >= 0.6 is 11.6 Å². The van der Waals surface area contributed by atoms with Crippen molar-refractivity contribution in [2.75, 3.05) is 26.2 Å². The van der Waals surface area contributed by atoms with Gasteiger partial charge in [0.15, 0.2) is 11.6 Å². The molecule has 2 aromatic heterocycles. The summed E-state index contributed by atoms with van der Waals surface area (Å²) < 4.78 is 36.4. The van der Waals surface area contributed by atoms with Crippen LogP contribution in [0.3, 0.4) is 0 Å². The molecule has 1 saturated heterocycles. The fourth-order valence-electron chi connectivity index (χ4n) is 5.02. The first kappa shape index (κ1) is 24.8. The first-order valence-electron chi connectivity index (χ1n) is 12.0. The standard InChI is InChI=1S/C27H20ClF2N5O4/c1-2-20(37)33-8-9-34-15(11-33)12-39-25-22(27(34)38)26(35-13-31-17-10-14(29)6-7-18(17)35)32-24(23(25)28)21-16(30)4-3-5-19(21)36/h2-7,10,13,15,36H,1,8-9,11-12H2/t15-/m1/s1. The van der Waals surface area contributed by atoms with Gasteiger partial charge in [0.1, 0.15) is 46.6 Å². The summed E-state index contributed by atoms with van der Waals surface area (Å²) in [5, 5.41) is 10.3. The van der Waals surface area contributed by atoms with E-state index in [0.717, 1.165) is 6.07 Å². The highest BCUT2D eigenvalue weighted by molar-refractivity contribution is 6.35. The second-order valence-corrected chi connectivity index (χ2v) is 9.51. The summed E-state index contributed by atoms with van der Waals surface area (Å²) in [5.74, 6) is -2.47. The van der Waals surface area contributed by atoms with Gasteiger partial charge in [0.05, 0.1) is 22.6 Å². The highest BCUT2D eigenvalue weighted by Gasteiger charge is 2.40. The van der Waals surface area contributed by atoms with Crippen LogP contribution in [0, 0.1) is 11.6 Å². The third-order valence-corrected chi connectivity index (χ3v) is 7.26. The van der Waals surface area contributed by atoms with E-state index >= 15 is 0 Å². The van der Waals surface area contributed by atoms with Crippen molar-refractivity contribution in [2.45, 2.75) is 6.04 Å². The molecule has 4 aromatic rings. The van der Waals surface area contributed by atoms with Gasteiger partial charge in [0.25, 0.3) is 5.91 Å². The Kier molecular flexibility index (Phi) is 5.95. The molecule has 2 aliphatic heterocycles. The van der Waals surface area contributed by atoms with E-state index in [4.69, 9.17) is 16.3 Å². The van der Waals surface area contributed by atoms with Crippen molar-refractivity contribution >= 4 is 34.4 Å². The zero-order valence-corrected chi connectivity index (χ0v) is 21.0. The third kappa shape index (κ3) is 3.97. The van der Waals surface area contributed by atoms with Gasteiger partial charge in [-0.25, -0.2) is 18.7 Å². The molecule has 1 atom stereocenters. The van der Waals surface area contributed by atoms with E-state index in [0.29, 0.717) is 11.0 Å². The predicted molar refractivity (Wildman–Crippen MR) is 138 cm³/mol. The highest BCUT2D eigenvalue weighted by Crippen LogP contribution is 2.45. The number of pyridine rings is 1. The van der Waals surface area contributed by atoms with Crippen LogP contribution in [0.1, 0.15) is 10.4 Å². The molecule has 12 heteroatoms. The van der Waals surface area contributed by atoms with Gasteiger partial charge < -0.3 is 19.6 Å². The number of rotatable bonds is 3. The number of imidazole rings is 1. The topological polar surface area (TPSA) is 101 Å². The number of aromatic nitrogens is 3. The van der Waals surface area contributed by atoms with E-state index in [1.807, 2.05) is 0 Å². The maximum atomic E-state index is 15.0. The number of amides is 2. The number of ether oxygens (including phenoxy) is 1. The number of carbonyl (C=O) groups is 2. The van der Waals surface area contributed by atoms with Crippen LogP contribution in [0.25, 0.3) is 28.1 Å². The van der Waals surface area contributed by atoms with E-state index in [1.54, 1.807) is 9.80 Å². The van der Waals surface area contributed by atoms with Gasteiger partial charge in [-0.05, 0) is 30.3 Å². The molecule has 1 N–H and O–H groups in total. The number of hydrogen-bond donors (Lipinski definition) is 1. The van der Waals surface area contributed by atoms with Crippen LogP contribution < -0.4 is 4.74 Å². The Morgan fingerprint density at radius 3 is 2.79 bits per heavy atom. The fraction of sp³-hybridized carbons (Fsp3) is 0.185. The minimum atomic E-state index is -0.788. The van der Waals surface area contributed by atoms with Crippen molar-refractivity contribution in [1.82, 2.24) is 24.3 Å². The Morgan fingerprint density at radius 2 is 2.03 bits per heavy atom. The van der Waals surface area contributed by atoms with E-state index in [-0.39, 0.29) is 65.6 Å². The number of piperazine rings is 1. The molecule has 0 saturated carbocycles. The van der Waals surface area contributed by atoms with Gasteiger partial charge in [0, 0.05) is 25.7 Å². The number of hydrogen-bond acceptors (Lipinski definition) is 6. The Hall–Kier alpha value is -4.51. The third-order valence-electron chi connectivity index (χ3n) is 6.91. The molecule has 6 rings (SSSR count). The summed E-state index contributed by atoms with van der Waals surface area (Å²) in [4.78, 5) is 38.3. The van der Waals surface area contributed by atoms with Gasteiger partial charge in [-0.1, -0.05) is 24.2 Å². The van der Waals surface area contributed by atoms with Crippen LogP contribution in [0.15, 0.2) is 55.4 Å². The Morgan fingerprint density at radius 1 is 1.21 bits per heavy atom. The van der Waals surface area contributed by atoms with Crippen molar-refractivity contribution in [2.24, 2.45) is 0 Å². The lowest BCUT2D eigenvalue weighted by molar-refractivity contribution is -0.128. The summed E-state index contributed by atoms with van der Waals surface area (Å²) in [6.07, 6.45) is 2.57. The smallest absolute Gasteiger partial charge is 0.261 e. The zero-order valence-electron chi connectivity index (χ0n) is 20.3. The Balaban J connectivity index is 1.59.